The van der Waals surface area contributed by atoms with Crippen LogP contribution in [0.2, 0.25) is 0 Å². The summed E-state index contributed by atoms with van der Waals surface area (Å²) in [6.07, 6.45) is 1.89. The normalized spacial score (nSPS) is 14.0. The van der Waals surface area contributed by atoms with E-state index in [0.29, 0.717) is 39.2 Å². The van der Waals surface area contributed by atoms with E-state index in [4.69, 9.17) is 10.5 Å². The average Bonchev–Trinajstić information content (AvgIpc) is 2.91. The number of nitrogens with zero attached hydrogens (tertiary/aromatic N) is 3. The molecule has 0 unspecified atom stereocenters. The van der Waals surface area contributed by atoms with Gasteiger partial charge in [-0.25, -0.2) is 4.98 Å². The van der Waals surface area contributed by atoms with Crippen molar-refractivity contribution in [3.63, 3.8) is 0 Å². The highest BCUT2D eigenvalue weighted by Gasteiger charge is 2.29. The lowest BCUT2D eigenvalue weighted by atomic mass is 9.95. The molecule has 2 aromatic rings. The maximum Gasteiger partial charge on any atom is 0.172 e. The Bertz CT molecular complexity index is 1150. The molecule has 0 saturated carbocycles. The molecule has 140 valence electrons. The highest BCUT2D eigenvalue weighted by molar-refractivity contribution is 9.10. The van der Waals surface area contributed by atoms with E-state index in [1.807, 2.05) is 19.9 Å². The lowest BCUT2D eigenvalue weighted by Gasteiger charge is -2.12. The summed E-state index contributed by atoms with van der Waals surface area (Å²) in [5.74, 6) is 0.499. The first-order valence-electron chi connectivity index (χ1n) is 8.53. The van der Waals surface area contributed by atoms with Gasteiger partial charge in [-0.15, -0.1) is 0 Å². The zero-order valence-corrected chi connectivity index (χ0v) is 17.2. The molecule has 6 nitrogen and oxygen atoms in total. The zero-order chi connectivity index (χ0) is 20.6. The number of aromatic hydroxyl groups is 1. The van der Waals surface area contributed by atoms with Crippen LogP contribution in [-0.2, 0) is 0 Å². The van der Waals surface area contributed by atoms with Crippen molar-refractivity contribution in [1.82, 2.24) is 4.98 Å². The van der Waals surface area contributed by atoms with Gasteiger partial charge in [0.25, 0.3) is 0 Å². The summed E-state index contributed by atoms with van der Waals surface area (Å²) < 4.78 is 5.99. The van der Waals surface area contributed by atoms with Crippen LogP contribution in [0.5, 0.6) is 11.5 Å². The fourth-order valence-corrected chi connectivity index (χ4v) is 3.76. The number of benzene rings is 1. The van der Waals surface area contributed by atoms with Crippen molar-refractivity contribution < 1.29 is 9.84 Å². The SMILES string of the molecule is CCOc1cc(/C=C2/C(C)=C(C#N)c3nc(N)c(C#N)c(C)c32)cc(Br)c1O. The Morgan fingerprint density at radius 3 is 2.61 bits per heavy atom. The number of nitriles is 2. The smallest absolute Gasteiger partial charge is 0.172 e. The van der Waals surface area contributed by atoms with Gasteiger partial charge in [0.05, 0.1) is 27.9 Å². The minimum Gasteiger partial charge on any atom is -0.503 e. The molecule has 7 heteroatoms. The van der Waals surface area contributed by atoms with Gasteiger partial charge in [0, 0.05) is 5.56 Å². The molecule has 0 bridgehead atoms. The molecule has 0 fully saturated rings. The van der Waals surface area contributed by atoms with Crippen LogP contribution in [0.15, 0.2) is 22.2 Å². The van der Waals surface area contributed by atoms with E-state index in [-0.39, 0.29) is 11.6 Å². The fraction of sp³-hybridized carbons (Fsp3) is 0.190. The Morgan fingerprint density at radius 2 is 2.00 bits per heavy atom. The first-order chi connectivity index (χ1) is 13.3. The van der Waals surface area contributed by atoms with E-state index in [9.17, 15) is 15.6 Å². The molecule has 3 N–H and O–H groups in total. The van der Waals surface area contributed by atoms with Crippen molar-refractivity contribution in [3.8, 4) is 23.6 Å². The number of phenols is 1. The third-order valence-electron chi connectivity index (χ3n) is 4.65. The van der Waals surface area contributed by atoms with E-state index in [2.05, 4.69) is 33.1 Å². The van der Waals surface area contributed by atoms with Crippen LogP contribution < -0.4 is 10.5 Å². The Balaban J connectivity index is 2.29. The maximum atomic E-state index is 10.1. The third-order valence-corrected chi connectivity index (χ3v) is 5.25. The molecular weight excluding hydrogens is 420 g/mol. The van der Waals surface area contributed by atoms with Crippen molar-refractivity contribution in [2.24, 2.45) is 0 Å². The van der Waals surface area contributed by atoms with Gasteiger partial charge < -0.3 is 15.6 Å². The molecule has 1 heterocycles. The van der Waals surface area contributed by atoms with Crippen LogP contribution in [0, 0.1) is 29.6 Å². The first-order valence-corrected chi connectivity index (χ1v) is 9.32. The number of anilines is 1. The quantitative estimate of drug-likeness (QED) is 0.727. The molecule has 1 aromatic heterocycles. The summed E-state index contributed by atoms with van der Waals surface area (Å²) in [6.45, 7) is 5.89. The average molecular weight is 437 g/mol. The Kier molecular flexibility index (Phi) is 5.13. The molecule has 0 aliphatic heterocycles. The summed E-state index contributed by atoms with van der Waals surface area (Å²) in [6, 6.07) is 7.76. The molecule has 1 aliphatic carbocycles. The summed E-state index contributed by atoms with van der Waals surface area (Å²) in [5.41, 5.74) is 10.9. The predicted molar refractivity (Wildman–Crippen MR) is 111 cm³/mol. The van der Waals surface area contributed by atoms with Gasteiger partial charge in [0.1, 0.15) is 18.0 Å². The van der Waals surface area contributed by atoms with Crippen molar-refractivity contribution >= 4 is 39.0 Å². The summed E-state index contributed by atoms with van der Waals surface area (Å²) >= 11 is 3.34. The van der Waals surface area contributed by atoms with Crippen molar-refractivity contribution in [3.05, 3.63) is 50.1 Å². The number of nitrogen functional groups attached to an aromatic ring is 1. The van der Waals surface area contributed by atoms with Crippen LogP contribution in [0.1, 0.15) is 41.8 Å². The number of halogens is 1. The van der Waals surface area contributed by atoms with Crippen molar-refractivity contribution in [1.29, 1.82) is 10.5 Å². The molecule has 0 spiro atoms. The van der Waals surface area contributed by atoms with E-state index in [0.717, 1.165) is 22.3 Å². The van der Waals surface area contributed by atoms with E-state index >= 15 is 0 Å². The molecule has 3 rings (SSSR count). The Labute approximate surface area is 171 Å². The second kappa shape index (κ2) is 7.38. The summed E-state index contributed by atoms with van der Waals surface area (Å²) in [7, 11) is 0. The molecule has 0 atom stereocenters. The molecule has 0 amide bonds. The highest BCUT2D eigenvalue weighted by atomic mass is 79.9. The number of pyridine rings is 1. The van der Waals surface area contributed by atoms with Gasteiger partial charge >= 0.3 is 0 Å². The summed E-state index contributed by atoms with van der Waals surface area (Å²) in [5, 5.41) is 29.2. The predicted octanol–water partition coefficient (Wildman–Crippen LogP) is 4.56. The number of hydrogen-bond donors (Lipinski definition) is 2. The highest BCUT2D eigenvalue weighted by Crippen LogP contribution is 2.45. The Morgan fingerprint density at radius 1 is 1.29 bits per heavy atom. The number of allylic oxidation sites excluding steroid dienone is 3. The zero-order valence-electron chi connectivity index (χ0n) is 15.6. The van der Waals surface area contributed by atoms with Crippen LogP contribution in [0.3, 0.4) is 0 Å². The molecule has 0 radical (unpaired) electrons. The number of ether oxygens (including phenoxy) is 1. The van der Waals surface area contributed by atoms with E-state index < -0.39 is 0 Å². The van der Waals surface area contributed by atoms with E-state index in [1.54, 1.807) is 19.1 Å². The van der Waals surface area contributed by atoms with Gasteiger partial charge in [-0.2, -0.15) is 10.5 Å². The molecule has 1 aliphatic rings. The standard InChI is InChI=1S/C21H17BrN4O2/c1-4-28-17-7-12(6-16(22)20(17)27)5-13-10(2)14(8-23)19-18(13)11(3)15(9-24)21(25)26-19/h5-7,27H,4H2,1-3H3,(H2,25,26)/b13-5-. The molecule has 0 saturated heterocycles. The number of nitrogens with two attached hydrogens (primary N) is 1. The van der Waals surface area contributed by atoms with Gasteiger partial charge in [-0.3, -0.25) is 0 Å². The van der Waals surface area contributed by atoms with Crippen LogP contribution in [0.4, 0.5) is 5.82 Å². The molecule has 1 aromatic carbocycles. The lowest BCUT2D eigenvalue weighted by Crippen LogP contribution is -2.03. The maximum absolute atomic E-state index is 10.1. The lowest BCUT2D eigenvalue weighted by molar-refractivity contribution is 0.317. The minimum atomic E-state index is 0.0261. The number of phenolic OH excluding ortho intramolecular Hbond substituents is 1. The topological polar surface area (TPSA) is 116 Å². The van der Waals surface area contributed by atoms with Gasteiger partial charge in [0.15, 0.2) is 11.5 Å². The Hall–Kier alpha value is -3.29. The van der Waals surface area contributed by atoms with Gasteiger partial charge in [0.2, 0.25) is 0 Å². The van der Waals surface area contributed by atoms with Crippen molar-refractivity contribution in [2.75, 3.05) is 12.3 Å². The number of aromatic nitrogens is 1. The number of hydrogen-bond acceptors (Lipinski definition) is 6. The minimum absolute atomic E-state index is 0.0261. The van der Waals surface area contributed by atoms with Crippen LogP contribution in [-0.4, -0.2) is 16.7 Å². The third kappa shape index (κ3) is 3.00. The number of rotatable bonds is 3. The van der Waals surface area contributed by atoms with Gasteiger partial charge in [-0.1, -0.05) is 0 Å². The second-order valence-corrected chi connectivity index (χ2v) is 7.14. The largest absolute Gasteiger partial charge is 0.503 e. The summed E-state index contributed by atoms with van der Waals surface area (Å²) in [4.78, 5) is 4.32. The van der Waals surface area contributed by atoms with Gasteiger partial charge in [-0.05, 0) is 77.2 Å². The monoisotopic (exact) mass is 436 g/mol. The van der Waals surface area contributed by atoms with E-state index in [1.165, 1.54) is 0 Å². The first kappa shape index (κ1) is 19.5. The van der Waals surface area contributed by atoms with Crippen molar-refractivity contribution in [2.45, 2.75) is 20.8 Å². The fourth-order valence-electron chi connectivity index (χ4n) is 3.30. The van der Waals surface area contributed by atoms with Crippen LogP contribution in [0.25, 0.3) is 17.2 Å². The van der Waals surface area contributed by atoms with Crippen LogP contribution >= 0.6 is 15.9 Å². The number of fused-ring (bicyclic) bond motifs is 1. The molecular formula is C21H17BrN4O2. The second-order valence-electron chi connectivity index (χ2n) is 6.28. The molecule has 28 heavy (non-hydrogen) atoms.